The molecule has 0 unspecified atom stereocenters. The molecule has 0 spiro atoms. The summed E-state index contributed by atoms with van der Waals surface area (Å²) in [5, 5.41) is 3.10. The second kappa shape index (κ2) is 4.97. The monoisotopic (exact) mass is 299 g/mol. The quantitative estimate of drug-likeness (QED) is 0.875. The van der Waals surface area contributed by atoms with Crippen LogP contribution in [0.2, 0.25) is 0 Å². The van der Waals surface area contributed by atoms with E-state index in [1.54, 1.807) is 17.4 Å². The van der Waals surface area contributed by atoms with Crippen molar-refractivity contribution in [3.8, 4) is 0 Å². The Morgan fingerprint density at radius 2 is 2.12 bits per heavy atom. The van der Waals surface area contributed by atoms with Crippen molar-refractivity contribution >= 4 is 33.0 Å². The van der Waals surface area contributed by atoms with Gasteiger partial charge in [-0.2, -0.15) is 0 Å². The number of aryl methyl sites for hydroxylation is 1. The number of benzene rings is 1. The lowest BCUT2D eigenvalue weighted by Gasteiger charge is -2.06. The smallest absolute Gasteiger partial charge is 0.146 e. The van der Waals surface area contributed by atoms with Gasteiger partial charge in [0.2, 0.25) is 0 Å². The number of rotatable bonds is 3. The zero-order valence-corrected chi connectivity index (χ0v) is 11.2. The molecule has 0 aliphatic rings. The van der Waals surface area contributed by atoms with E-state index in [0.29, 0.717) is 12.2 Å². The predicted molar refractivity (Wildman–Crippen MR) is 70.5 cm³/mol. The van der Waals surface area contributed by atoms with Crippen LogP contribution >= 0.6 is 27.3 Å². The van der Waals surface area contributed by atoms with E-state index in [1.807, 2.05) is 25.1 Å². The maximum absolute atomic E-state index is 13.4. The van der Waals surface area contributed by atoms with Crippen LogP contribution in [0.3, 0.4) is 0 Å². The molecule has 0 bridgehead atoms. The van der Waals surface area contributed by atoms with Crippen molar-refractivity contribution in [2.24, 2.45) is 0 Å². The van der Waals surface area contributed by atoms with E-state index in [0.717, 1.165) is 9.35 Å². The zero-order chi connectivity index (χ0) is 11.5. The number of anilines is 1. The van der Waals surface area contributed by atoms with Crippen molar-refractivity contribution in [2.45, 2.75) is 13.5 Å². The molecule has 2 aromatic rings. The lowest BCUT2D eigenvalue weighted by atomic mass is 10.2. The number of nitrogens with one attached hydrogen (secondary N) is 1. The lowest BCUT2D eigenvalue weighted by molar-refractivity contribution is 0.630. The van der Waals surface area contributed by atoms with Crippen molar-refractivity contribution in [1.82, 2.24) is 0 Å². The fraction of sp³-hybridized carbons (Fsp3) is 0.167. The van der Waals surface area contributed by atoms with Crippen LogP contribution in [-0.2, 0) is 6.54 Å². The molecule has 16 heavy (non-hydrogen) atoms. The van der Waals surface area contributed by atoms with Gasteiger partial charge in [0.25, 0.3) is 0 Å². The first-order valence-corrected chi connectivity index (χ1v) is 6.50. The third kappa shape index (κ3) is 2.83. The molecular formula is C12H11BrFNS. The minimum Gasteiger partial charge on any atom is -0.378 e. The number of halogens is 2. The molecule has 0 amide bonds. The van der Waals surface area contributed by atoms with Gasteiger partial charge in [0.15, 0.2) is 0 Å². The molecule has 0 saturated carbocycles. The summed E-state index contributed by atoms with van der Waals surface area (Å²) in [6.07, 6.45) is 0. The average molecular weight is 300 g/mol. The number of thiophene rings is 1. The van der Waals surface area contributed by atoms with Crippen LogP contribution < -0.4 is 5.32 Å². The highest BCUT2D eigenvalue weighted by Crippen LogP contribution is 2.23. The van der Waals surface area contributed by atoms with Crippen LogP contribution in [0.5, 0.6) is 0 Å². The van der Waals surface area contributed by atoms with Gasteiger partial charge in [-0.3, -0.25) is 0 Å². The summed E-state index contributed by atoms with van der Waals surface area (Å²) in [7, 11) is 0. The van der Waals surface area contributed by atoms with Gasteiger partial charge in [0, 0.05) is 11.4 Å². The Labute approximate surface area is 106 Å². The van der Waals surface area contributed by atoms with Crippen molar-refractivity contribution in [2.75, 3.05) is 5.32 Å². The van der Waals surface area contributed by atoms with Gasteiger partial charge in [0.05, 0.1) is 9.47 Å². The SMILES string of the molecule is Cc1ccc(F)c(NCc2ccc(Br)s2)c1. The van der Waals surface area contributed by atoms with Gasteiger partial charge in [0.1, 0.15) is 5.82 Å². The van der Waals surface area contributed by atoms with Gasteiger partial charge in [-0.1, -0.05) is 6.07 Å². The zero-order valence-electron chi connectivity index (χ0n) is 8.76. The highest BCUT2D eigenvalue weighted by Gasteiger charge is 2.02. The second-order valence-corrected chi connectivity index (χ2v) is 6.09. The summed E-state index contributed by atoms with van der Waals surface area (Å²) in [4.78, 5) is 1.17. The first-order chi connectivity index (χ1) is 7.65. The Hall–Kier alpha value is -0.870. The largest absolute Gasteiger partial charge is 0.378 e. The van der Waals surface area contributed by atoms with Crippen LogP contribution in [0.4, 0.5) is 10.1 Å². The fourth-order valence-electron chi connectivity index (χ4n) is 1.40. The summed E-state index contributed by atoms with van der Waals surface area (Å²) < 4.78 is 14.5. The van der Waals surface area contributed by atoms with Crippen molar-refractivity contribution in [3.05, 3.63) is 50.4 Å². The maximum Gasteiger partial charge on any atom is 0.146 e. The maximum atomic E-state index is 13.4. The van der Waals surface area contributed by atoms with Gasteiger partial charge in [-0.15, -0.1) is 11.3 Å². The van der Waals surface area contributed by atoms with E-state index in [-0.39, 0.29) is 5.82 Å². The molecule has 84 valence electrons. The Bertz CT molecular complexity index is 496. The molecule has 4 heteroatoms. The Morgan fingerprint density at radius 3 is 2.81 bits per heavy atom. The van der Waals surface area contributed by atoms with E-state index in [2.05, 4.69) is 21.2 Å². The van der Waals surface area contributed by atoms with Crippen LogP contribution in [-0.4, -0.2) is 0 Å². The molecule has 1 aromatic carbocycles. The second-order valence-electron chi connectivity index (χ2n) is 3.54. The molecule has 1 aromatic heterocycles. The molecule has 0 radical (unpaired) electrons. The standard InChI is InChI=1S/C12H11BrFNS/c1-8-2-4-10(14)11(6-8)15-7-9-3-5-12(13)16-9/h2-6,15H,7H2,1H3. The van der Waals surface area contributed by atoms with E-state index in [1.165, 1.54) is 10.9 Å². The highest BCUT2D eigenvalue weighted by molar-refractivity contribution is 9.11. The summed E-state index contributed by atoms with van der Waals surface area (Å²) in [6, 6.07) is 9.09. The normalized spacial score (nSPS) is 10.4. The molecule has 1 N–H and O–H groups in total. The number of hydrogen-bond acceptors (Lipinski definition) is 2. The Balaban J connectivity index is 2.07. The van der Waals surface area contributed by atoms with Crippen molar-refractivity contribution < 1.29 is 4.39 Å². The average Bonchev–Trinajstić information content (AvgIpc) is 2.66. The van der Waals surface area contributed by atoms with Crippen LogP contribution in [0, 0.1) is 12.7 Å². The lowest BCUT2D eigenvalue weighted by Crippen LogP contribution is -2.00. The fourth-order valence-corrected chi connectivity index (χ4v) is 2.83. The molecule has 1 heterocycles. The molecule has 2 rings (SSSR count). The third-order valence-corrected chi connectivity index (χ3v) is 3.83. The van der Waals surface area contributed by atoms with Gasteiger partial charge < -0.3 is 5.32 Å². The van der Waals surface area contributed by atoms with E-state index in [9.17, 15) is 4.39 Å². The first-order valence-electron chi connectivity index (χ1n) is 4.89. The molecule has 1 nitrogen and oxygen atoms in total. The predicted octanol–water partition coefficient (Wildman–Crippen LogP) is 4.57. The topological polar surface area (TPSA) is 12.0 Å². The molecule has 0 aliphatic carbocycles. The van der Waals surface area contributed by atoms with Gasteiger partial charge in [-0.25, -0.2) is 4.39 Å². The Morgan fingerprint density at radius 1 is 1.31 bits per heavy atom. The van der Waals surface area contributed by atoms with E-state index >= 15 is 0 Å². The summed E-state index contributed by atoms with van der Waals surface area (Å²) in [5.74, 6) is -0.207. The van der Waals surface area contributed by atoms with Crippen molar-refractivity contribution in [3.63, 3.8) is 0 Å². The highest BCUT2D eigenvalue weighted by atomic mass is 79.9. The molecule has 0 atom stereocenters. The van der Waals surface area contributed by atoms with Crippen LogP contribution in [0.25, 0.3) is 0 Å². The van der Waals surface area contributed by atoms with Crippen LogP contribution in [0.15, 0.2) is 34.1 Å². The summed E-state index contributed by atoms with van der Waals surface area (Å²) in [5.41, 5.74) is 1.61. The Kier molecular flexibility index (Phi) is 3.61. The van der Waals surface area contributed by atoms with Crippen LogP contribution in [0.1, 0.15) is 10.4 Å². The van der Waals surface area contributed by atoms with E-state index in [4.69, 9.17) is 0 Å². The first kappa shape index (κ1) is 11.6. The molecular weight excluding hydrogens is 289 g/mol. The molecule has 0 aliphatic heterocycles. The van der Waals surface area contributed by atoms with Crippen molar-refractivity contribution in [1.29, 1.82) is 0 Å². The summed E-state index contributed by atoms with van der Waals surface area (Å²) in [6.45, 7) is 2.60. The minimum atomic E-state index is -0.207. The number of hydrogen-bond donors (Lipinski definition) is 1. The van der Waals surface area contributed by atoms with E-state index < -0.39 is 0 Å². The summed E-state index contributed by atoms with van der Waals surface area (Å²) >= 11 is 5.05. The van der Waals surface area contributed by atoms with Gasteiger partial charge >= 0.3 is 0 Å². The molecule has 0 fully saturated rings. The third-order valence-electron chi connectivity index (χ3n) is 2.20. The molecule has 0 saturated heterocycles. The minimum absolute atomic E-state index is 0.207. The van der Waals surface area contributed by atoms with Gasteiger partial charge in [-0.05, 0) is 52.7 Å².